The average molecular weight is 715 g/mol. The monoisotopic (exact) mass is 715 g/mol. The third kappa shape index (κ3) is 23.0. The summed E-state index contributed by atoms with van der Waals surface area (Å²) in [6.07, 6.45) is 40.2. The van der Waals surface area contributed by atoms with Gasteiger partial charge in [-0.1, -0.05) is 206 Å². The summed E-state index contributed by atoms with van der Waals surface area (Å²) in [5.41, 5.74) is 0.130. The fourth-order valence-corrected chi connectivity index (χ4v) is 7.63. The zero-order valence-electron chi connectivity index (χ0n) is 33.2. The molecule has 6 nitrogen and oxygen atoms in total. The molecule has 0 heterocycles. The highest BCUT2D eigenvalue weighted by atomic mass is 16.4. The predicted molar refractivity (Wildman–Crippen MR) is 214 cm³/mol. The maximum Gasteiger partial charge on any atom is 0.336 e. The molecule has 6 heteroatoms. The smallest absolute Gasteiger partial charge is 0.336 e. The van der Waals surface area contributed by atoms with E-state index >= 15 is 0 Å². The van der Waals surface area contributed by atoms with Crippen molar-refractivity contribution in [1.82, 2.24) is 0 Å². The Morgan fingerprint density at radius 2 is 0.569 bits per heavy atom. The number of hydrogen-bond acceptors (Lipinski definition) is 3. The van der Waals surface area contributed by atoms with Crippen molar-refractivity contribution in [2.45, 2.75) is 232 Å². The van der Waals surface area contributed by atoms with E-state index in [2.05, 4.69) is 13.8 Å². The standard InChI is InChI=1S/C45H78O6/c1-3-5-7-9-11-13-15-17-19-21-23-25-27-29-31-33-35-38-40(43(46)47)37-41(44(48)49)39(42(38)45(50)51)36-34-32-30-28-26-24-22-20-18-16-14-12-10-8-6-4-2/h37H,3-36H2,1-2H3,(H,46,47)(H,48,49)(H,50,51). The zero-order chi connectivity index (χ0) is 37.4. The zero-order valence-corrected chi connectivity index (χ0v) is 33.2. The normalized spacial score (nSPS) is 11.3. The molecule has 0 aromatic heterocycles. The summed E-state index contributed by atoms with van der Waals surface area (Å²) in [6, 6.07) is 1.21. The van der Waals surface area contributed by atoms with Crippen LogP contribution in [0.25, 0.3) is 0 Å². The van der Waals surface area contributed by atoms with Gasteiger partial charge in [-0.2, -0.15) is 0 Å². The molecule has 0 aliphatic rings. The number of carbonyl (C=O) groups is 3. The van der Waals surface area contributed by atoms with E-state index in [1.807, 2.05) is 0 Å². The van der Waals surface area contributed by atoms with E-state index in [1.165, 1.54) is 160 Å². The SMILES string of the molecule is CCCCCCCCCCCCCCCCCCc1c(C(=O)O)cc(C(=O)O)c(CCCCCCCCCCCCCCCCCC)c1C(=O)O. The first-order chi connectivity index (χ1) is 24.8. The maximum atomic E-state index is 12.6. The number of unbranched alkanes of at least 4 members (excludes halogenated alkanes) is 30. The Kier molecular flexibility index (Phi) is 29.5. The third-order valence-corrected chi connectivity index (χ3v) is 10.8. The van der Waals surface area contributed by atoms with Crippen molar-refractivity contribution in [3.05, 3.63) is 33.9 Å². The van der Waals surface area contributed by atoms with Crippen molar-refractivity contribution in [2.24, 2.45) is 0 Å². The first-order valence-electron chi connectivity index (χ1n) is 21.7. The number of aromatic carboxylic acids is 3. The highest BCUT2D eigenvalue weighted by Gasteiger charge is 2.27. The fourth-order valence-electron chi connectivity index (χ4n) is 7.63. The summed E-state index contributed by atoms with van der Waals surface area (Å²) in [5, 5.41) is 30.1. The Morgan fingerprint density at radius 1 is 0.353 bits per heavy atom. The van der Waals surface area contributed by atoms with Gasteiger partial charge in [0.1, 0.15) is 0 Å². The molecule has 1 aromatic rings. The topological polar surface area (TPSA) is 112 Å². The molecule has 51 heavy (non-hydrogen) atoms. The minimum Gasteiger partial charge on any atom is -0.478 e. The molecule has 0 unspecified atom stereocenters. The summed E-state index contributed by atoms with van der Waals surface area (Å²) >= 11 is 0. The van der Waals surface area contributed by atoms with Crippen LogP contribution in [0.4, 0.5) is 0 Å². The van der Waals surface area contributed by atoms with Crippen molar-refractivity contribution in [3.63, 3.8) is 0 Å². The van der Waals surface area contributed by atoms with Crippen LogP contribution in [0.15, 0.2) is 6.07 Å². The van der Waals surface area contributed by atoms with E-state index < -0.39 is 17.9 Å². The molecule has 0 fully saturated rings. The van der Waals surface area contributed by atoms with Gasteiger partial charge in [-0.15, -0.1) is 0 Å². The lowest BCUT2D eigenvalue weighted by molar-refractivity contribution is 0.0694. The molecule has 0 atom stereocenters. The first kappa shape index (κ1) is 46.7. The second kappa shape index (κ2) is 32.3. The lowest BCUT2D eigenvalue weighted by atomic mass is 9.86. The summed E-state index contributed by atoms with van der Waals surface area (Å²) in [7, 11) is 0. The summed E-state index contributed by atoms with van der Waals surface area (Å²) in [6.45, 7) is 4.52. The Bertz CT molecular complexity index is 975. The van der Waals surface area contributed by atoms with Crippen LogP contribution in [0, 0.1) is 0 Å². The van der Waals surface area contributed by atoms with Crippen molar-refractivity contribution >= 4 is 17.9 Å². The summed E-state index contributed by atoms with van der Waals surface area (Å²) in [4.78, 5) is 36.9. The van der Waals surface area contributed by atoms with Gasteiger partial charge >= 0.3 is 17.9 Å². The van der Waals surface area contributed by atoms with Crippen LogP contribution in [-0.4, -0.2) is 33.2 Å². The van der Waals surface area contributed by atoms with Crippen molar-refractivity contribution in [2.75, 3.05) is 0 Å². The van der Waals surface area contributed by atoms with E-state index in [0.29, 0.717) is 25.7 Å². The van der Waals surface area contributed by atoms with Gasteiger partial charge in [0.2, 0.25) is 0 Å². The second-order valence-electron chi connectivity index (χ2n) is 15.3. The highest BCUT2D eigenvalue weighted by Crippen LogP contribution is 2.29. The first-order valence-corrected chi connectivity index (χ1v) is 21.7. The van der Waals surface area contributed by atoms with E-state index in [9.17, 15) is 29.7 Å². The molecular weight excluding hydrogens is 636 g/mol. The molecule has 1 rings (SSSR count). The number of hydrogen-bond donors (Lipinski definition) is 3. The molecule has 0 aliphatic carbocycles. The van der Waals surface area contributed by atoms with Crippen LogP contribution in [0.1, 0.15) is 262 Å². The third-order valence-electron chi connectivity index (χ3n) is 10.8. The number of benzene rings is 1. The van der Waals surface area contributed by atoms with Crippen molar-refractivity contribution in [3.8, 4) is 0 Å². The molecule has 0 bridgehead atoms. The molecule has 3 N–H and O–H groups in total. The van der Waals surface area contributed by atoms with Crippen LogP contribution in [0.3, 0.4) is 0 Å². The lowest BCUT2D eigenvalue weighted by Gasteiger charge is -2.17. The van der Waals surface area contributed by atoms with Gasteiger partial charge in [0.25, 0.3) is 0 Å². The Labute approximate surface area is 313 Å². The van der Waals surface area contributed by atoms with E-state index in [1.54, 1.807) is 0 Å². The Balaban J connectivity index is 2.44. The second-order valence-corrected chi connectivity index (χ2v) is 15.3. The van der Waals surface area contributed by atoms with Gasteiger partial charge in [-0.05, 0) is 42.9 Å². The van der Waals surface area contributed by atoms with Crippen LogP contribution in [0.5, 0.6) is 0 Å². The lowest BCUT2D eigenvalue weighted by Crippen LogP contribution is -2.18. The number of carboxylic acid groups (broad SMARTS) is 3. The highest BCUT2D eigenvalue weighted by molar-refractivity contribution is 6.03. The summed E-state index contributed by atoms with van der Waals surface area (Å²) < 4.78 is 0. The predicted octanol–water partition coefficient (Wildman–Crippen LogP) is 14.4. The number of rotatable bonds is 37. The minimum absolute atomic E-state index is 0.0887. The van der Waals surface area contributed by atoms with Crippen LogP contribution in [-0.2, 0) is 12.8 Å². The molecular formula is C45H78O6. The fraction of sp³-hybridized carbons (Fsp3) is 0.800. The Morgan fingerprint density at radius 3 is 0.765 bits per heavy atom. The van der Waals surface area contributed by atoms with Crippen molar-refractivity contribution < 1.29 is 29.7 Å². The molecule has 0 spiro atoms. The molecule has 294 valence electrons. The van der Waals surface area contributed by atoms with E-state index in [-0.39, 0.29) is 27.8 Å². The van der Waals surface area contributed by atoms with Crippen molar-refractivity contribution in [1.29, 1.82) is 0 Å². The van der Waals surface area contributed by atoms with Crippen LogP contribution in [0.2, 0.25) is 0 Å². The van der Waals surface area contributed by atoms with E-state index in [0.717, 1.165) is 38.5 Å². The molecule has 0 aliphatic heterocycles. The molecule has 1 aromatic carbocycles. The van der Waals surface area contributed by atoms with Gasteiger partial charge in [0, 0.05) is 0 Å². The molecule has 0 saturated heterocycles. The largest absolute Gasteiger partial charge is 0.478 e. The average Bonchev–Trinajstić information content (AvgIpc) is 3.10. The minimum atomic E-state index is -1.26. The van der Waals surface area contributed by atoms with Gasteiger partial charge in [0.15, 0.2) is 0 Å². The maximum absolute atomic E-state index is 12.6. The van der Waals surface area contributed by atoms with Crippen LogP contribution >= 0.6 is 0 Å². The van der Waals surface area contributed by atoms with Gasteiger partial charge < -0.3 is 15.3 Å². The molecule has 0 saturated carbocycles. The Hall–Kier alpha value is -2.37. The molecule has 0 amide bonds. The van der Waals surface area contributed by atoms with Gasteiger partial charge in [-0.25, -0.2) is 14.4 Å². The van der Waals surface area contributed by atoms with Gasteiger partial charge in [-0.3, -0.25) is 0 Å². The van der Waals surface area contributed by atoms with Crippen LogP contribution < -0.4 is 0 Å². The summed E-state index contributed by atoms with van der Waals surface area (Å²) in [5.74, 6) is -3.75. The number of carboxylic acids is 3. The van der Waals surface area contributed by atoms with Gasteiger partial charge in [0.05, 0.1) is 16.7 Å². The molecule has 0 radical (unpaired) electrons. The quantitative estimate of drug-likeness (QED) is 0.0592. The van der Waals surface area contributed by atoms with E-state index in [4.69, 9.17) is 0 Å².